The van der Waals surface area contributed by atoms with E-state index in [0.29, 0.717) is 5.39 Å². The molecule has 0 aliphatic heterocycles. The van der Waals surface area contributed by atoms with Crippen LogP contribution < -0.4 is 5.56 Å². The molecule has 2 aromatic heterocycles. The number of halogens is 1. The fraction of sp³-hybridized carbons (Fsp3) is 0. The average molecular weight is 331 g/mol. The van der Waals surface area contributed by atoms with Crippen molar-refractivity contribution in [2.45, 2.75) is 0 Å². The van der Waals surface area contributed by atoms with Crippen LogP contribution in [0, 0.1) is 0 Å². The second-order valence-corrected chi connectivity index (χ2v) is 6.19. The molecule has 0 aliphatic carbocycles. The molecule has 5 heteroatoms. The SMILES string of the molecule is O=c1nc2sc3ccccc3n2c2ccc(Br)cc12. The summed E-state index contributed by atoms with van der Waals surface area (Å²) in [6.45, 7) is 0. The summed E-state index contributed by atoms with van der Waals surface area (Å²) in [5.74, 6) is 0. The van der Waals surface area contributed by atoms with E-state index in [-0.39, 0.29) is 5.56 Å². The number of benzene rings is 2. The van der Waals surface area contributed by atoms with Gasteiger partial charge in [0.1, 0.15) is 0 Å². The maximum Gasteiger partial charge on any atom is 0.281 e. The van der Waals surface area contributed by atoms with Gasteiger partial charge in [0, 0.05) is 4.47 Å². The van der Waals surface area contributed by atoms with Gasteiger partial charge in [-0.15, -0.1) is 0 Å². The Morgan fingerprint density at radius 3 is 2.84 bits per heavy atom. The van der Waals surface area contributed by atoms with Crippen LogP contribution in [0.3, 0.4) is 0 Å². The van der Waals surface area contributed by atoms with Crippen LogP contribution in [0.25, 0.3) is 26.1 Å². The molecule has 0 fully saturated rings. The van der Waals surface area contributed by atoms with Gasteiger partial charge >= 0.3 is 0 Å². The van der Waals surface area contributed by atoms with Gasteiger partial charge in [0.05, 0.1) is 21.1 Å². The molecule has 0 saturated carbocycles. The predicted molar refractivity (Wildman–Crippen MR) is 82.1 cm³/mol. The summed E-state index contributed by atoms with van der Waals surface area (Å²) >= 11 is 4.93. The van der Waals surface area contributed by atoms with E-state index >= 15 is 0 Å². The minimum atomic E-state index is -0.178. The minimum absolute atomic E-state index is 0.178. The smallest absolute Gasteiger partial charge is 0.281 e. The third kappa shape index (κ3) is 1.55. The van der Waals surface area contributed by atoms with E-state index < -0.39 is 0 Å². The highest BCUT2D eigenvalue weighted by atomic mass is 79.9. The first-order valence-electron chi connectivity index (χ1n) is 5.73. The van der Waals surface area contributed by atoms with Gasteiger partial charge in [0.25, 0.3) is 5.56 Å². The molecule has 0 amide bonds. The zero-order valence-electron chi connectivity index (χ0n) is 9.63. The van der Waals surface area contributed by atoms with Crippen molar-refractivity contribution < 1.29 is 0 Å². The lowest BCUT2D eigenvalue weighted by atomic mass is 10.2. The largest absolute Gasteiger partial charge is 0.284 e. The van der Waals surface area contributed by atoms with Gasteiger partial charge in [-0.25, -0.2) is 0 Å². The van der Waals surface area contributed by atoms with Crippen molar-refractivity contribution in [3.63, 3.8) is 0 Å². The van der Waals surface area contributed by atoms with Crippen molar-refractivity contribution in [2.75, 3.05) is 0 Å². The van der Waals surface area contributed by atoms with Gasteiger partial charge in [0.15, 0.2) is 4.96 Å². The van der Waals surface area contributed by atoms with Crippen molar-refractivity contribution in [3.8, 4) is 0 Å². The quantitative estimate of drug-likeness (QED) is 0.491. The van der Waals surface area contributed by atoms with Crippen LogP contribution in [0.4, 0.5) is 0 Å². The first-order valence-corrected chi connectivity index (χ1v) is 7.34. The van der Waals surface area contributed by atoms with E-state index in [0.717, 1.165) is 25.2 Å². The highest BCUT2D eigenvalue weighted by Gasteiger charge is 2.10. The van der Waals surface area contributed by atoms with Crippen molar-refractivity contribution >= 4 is 53.3 Å². The van der Waals surface area contributed by atoms with Crippen LogP contribution in [0.15, 0.2) is 51.7 Å². The number of nitrogens with zero attached hydrogens (tertiary/aromatic N) is 2. The molecule has 0 unspecified atom stereocenters. The molecule has 2 aromatic carbocycles. The zero-order chi connectivity index (χ0) is 13.0. The van der Waals surface area contributed by atoms with Gasteiger partial charge in [-0.05, 0) is 30.3 Å². The zero-order valence-corrected chi connectivity index (χ0v) is 12.0. The van der Waals surface area contributed by atoms with E-state index in [1.54, 1.807) is 0 Å². The standard InChI is InChI=1S/C14H7BrN2OS/c15-8-5-6-10-9(7-8)13(18)16-14-17(10)11-3-1-2-4-12(11)19-14/h1-7H. The summed E-state index contributed by atoms with van der Waals surface area (Å²) < 4.78 is 4.06. The van der Waals surface area contributed by atoms with Crippen LogP contribution in [-0.4, -0.2) is 9.38 Å². The third-order valence-corrected chi connectivity index (χ3v) is 4.64. The lowest BCUT2D eigenvalue weighted by Gasteiger charge is -2.02. The summed E-state index contributed by atoms with van der Waals surface area (Å²) in [5.41, 5.74) is 1.81. The Morgan fingerprint density at radius 1 is 1.11 bits per heavy atom. The first-order chi connectivity index (χ1) is 9.24. The van der Waals surface area contributed by atoms with Crippen LogP contribution in [-0.2, 0) is 0 Å². The Hall–Kier alpha value is -1.72. The molecule has 0 spiro atoms. The molecule has 92 valence electrons. The Balaban J connectivity index is 2.39. The summed E-state index contributed by atoms with van der Waals surface area (Å²) in [6.07, 6.45) is 0. The summed E-state index contributed by atoms with van der Waals surface area (Å²) in [5, 5.41) is 0.635. The lowest BCUT2D eigenvalue weighted by molar-refractivity contribution is 1.21. The summed E-state index contributed by atoms with van der Waals surface area (Å²) in [7, 11) is 0. The number of hydrogen-bond acceptors (Lipinski definition) is 3. The molecule has 0 atom stereocenters. The molecule has 0 bridgehead atoms. The predicted octanol–water partition coefficient (Wildman–Crippen LogP) is 3.82. The minimum Gasteiger partial charge on any atom is -0.284 e. The van der Waals surface area contributed by atoms with E-state index in [4.69, 9.17) is 0 Å². The number of thiazole rings is 1. The third-order valence-electron chi connectivity index (χ3n) is 3.13. The molecule has 3 nitrogen and oxygen atoms in total. The van der Waals surface area contributed by atoms with Crippen molar-refractivity contribution in [1.29, 1.82) is 0 Å². The normalized spacial score (nSPS) is 11.6. The topological polar surface area (TPSA) is 34.4 Å². The molecule has 2 heterocycles. The fourth-order valence-electron chi connectivity index (χ4n) is 2.30. The Kier molecular flexibility index (Phi) is 2.28. The van der Waals surface area contributed by atoms with Crippen LogP contribution in [0.2, 0.25) is 0 Å². The van der Waals surface area contributed by atoms with Gasteiger partial charge in [-0.3, -0.25) is 9.20 Å². The number of aromatic nitrogens is 2. The van der Waals surface area contributed by atoms with Crippen molar-refractivity contribution in [1.82, 2.24) is 9.38 Å². The molecular weight excluding hydrogens is 324 g/mol. The van der Waals surface area contributed by atoms with Gasteiger partial charge in [-0.1, -0.05) is 39.4 Å². The maximum absolute atomic E-state index is 12.1. The maximum atomic E-state index is 12.1. The van der Waals surface area contributed by atoms with Crippen LogP contribution in [0.5, 0.6) is 0 Å². The molecule has 4 rings (SSSR count). The van der Waals surface area contributed by atoms with Crippen molar-refractivity contribution in [3.05, 3.63) is 57.3 Å². The Morgan fingerprint density at radius 2 is 1.95 bits per heavy atom. The molecule has 0 saturated heterocycles. The highest BCUT2D eigenvalue weighted by molar-refractivity contribution is 9.10. The monoisotopic (exact) mass is 330 g/mol. The van der Waals surface area contributed by atoms with Gasteiger partial charge < -0.3 is 0 Å². The second kappa shape index (κ2) is 3.88. The number of para-hydroxylation sites is 1. The Labute approximate surface area is 120 Å². The summed E-state index contributed by atoms with van der Waals surface area (Å²) in [6, 6.07) is 13.8. The van der Waals surface area contributed by atoms with E-state index in [2.05, 4.69) is 20.9 Å². The summed E-state index contributed by atoms with van der Waals surface area (Å²) in [4.78, 5) is 17.0. The van der Waals surface area contributed by atoms with E-state index in [9.17, 15) is 4.79 Å². The molecule has 19 heavy (non-hydrogen) atoms. The number of fused-ring (bicyclic) bond motifs is 5. The average Bonchev–Trinajstić information content (AvgIpc) is 2.77. The first kappa shape index (κ1) is 11.1. The van der Waals surface area contributed by atoms with Crippen LogP contribution >= 0.6 is 27.3 Å². The molecule has 0 N–H and O–H groups in total. The van der Waals surface area contributed by atoms with Gasteiger partial charge in [0.2, 0.25) is 0 Å². The van der Waals surface area contributed by atoms with E-state index in [1.807, 2.05) is 46.9 Å². The molecule has 0 radical (unpaired) electrons. The lowest BCUT2D eigenvalue weighted by Crippen LogP contribution is -2.08. The molecule has 0 aliphatic rings. The molecule has 4 aromatic rings. The fourth-order valence-corrected chi connectivity index (χ4v) is 3.69. The number of rotatable bonds is 0. The van der Waals surface area contributed by atoms with E-state index in [1.165, 1.54) is 11.3 Å². The van der Waals surface area contributed by atoms with Gasteiger partial charge in [-0.2, -0.15) is 4.98 Å². The number of hydrogen-bond donors (Lipinski definition) is 0. The Bertz CT molecular complexity index is 1000. The van der Waals surface area contributed by atoms with Crippen molar-refractivity contribution in [2.24, 2.45) is 0 Å². The highest BCUT2D eigenvalue weighted by Crippen LogP contribution is 2.28. The molecular formula is C14H7BrN2OS. The second-order valence-electron chi connectivity index (χ2n) is 4.27. The van der Waals surface area contributed by atoms with Crippen LogP contribution in [0.1, 0.15) is 0 Å².